The zero-order valence-electron chi connectivity index (χ0n) is 19.0. The third kappa shape index (κ3) is 5.16. The summed E-state index contributed by atoms with van der Waals surface area (Å²) in [6, 6.07) is 16.0. The lowest BCUT2D eigenvalue weighted by Gasteiger charge is -2.33. The van der Waals surface area contributed by atoms with Gasteiger partial charge >= 0.3 is 0 Å². The van der Waals surface area contributed by atoms with E-state index < -0.39 is 0 Å². The van der Waals surface area contributed by atoms with Gasteiger partial charge in [0.15, 0.2) is 0 Å². The number of nitrogens with zero attached hydrogens (tertiary/aromatic N) is 4. The molecule has 3 aromatic rings. The molecule has 0 saturated carbocycles. The number of ether oxygens (including phenoxy) is 1. The predicted octanol–water partition coefficient (Wildman–Crippen LogP) is 3.92. The molecule has 4 rings (SSSR count). The zero-order chi connectivity index (χ0) is 22.5. The highest BCUT2D eigenvalue weighted by molar-refractivity contribution is 5.78. The van der Waals surface area contributed by atoms with Gasteiger partial charge in [-0.15, -0.1) is 0 Å². The number of benzene rings is 2. The number of piperidine rings is 1. The van der Waals surface area contributed by atoms with Crippen LogP contribution in [0.1, 0.15) is 29.9 Å². The molecule has 32 heavy (non-hydrogen) atoms. The topological polar surface area (TPSA) is 71.7 Å². The number of aromatic nitrogens is 2. The molecule has 0 radical (unpaired) electrons. The van der Waals surface area contributed by atoms with Crippen LogP contribution in [0.15, 0.2) is 53.1 Å². The van der Waals surface area contributed by atoms with E-state index in [9.17, 15) is 4.79 Å². The first-order valence-electron chi connectivity index (χ1n) is 11.0. The van der Waals surface area contributed by atoms with Crippen LogP contribution in [-0.4, -0.2) is 53.1 Å². The summed E-state index contributed by atoms with van der Waals surface area (Å²) in [4.78, 5) is 21.6. The van der Waals surface area contributed by atoms with Crippen molar-refractivity contribution in [3.8, 4) is 17.1 Å². The molecule has 0 spiro atoms. The van der Waals surface area contributed by atoms with E-state index in [0.717, 1.165) is 43.8 Å². The number of likely N-dealkylation sites (tertiary alicyclic amines) is 1. The highest BCUT2D eigenvalue weighted by Crippen LogP contribution is 2.24. The van der Waals surface area contributed by atoms with E-state index in [-0.39, 0.29) is 11.8 Å². The van der Waals surface area contributed by atoms with Crippen molar-refractivity contribution in [1.82, 2.24) is 19.9 Å². The molecule has 2 heterocycles. The lowest BCUT2D eigenvalue weighted by molar-refractivity contribution is -0.136. The van der Waals surface area contributed by atoms with Gasteiger partial charge in [-0.05, 0) is 56.1 Å². The molecule has 0 unspecified atom stereocenters. The van der Waals surface area contributed by atoms with Gasteiger partial charge in [0.1, 0.15) is 5.75 Å². The molecule has 1 aromatic heterocycles. The Kier molecular flexibility index (Phi) is 6.85. The normalized spacial score (nSPS) is 15.0. The highest BCUT2D eigenvalue weighted by atomic mass is 16.5. The number of carbonyl (C=O) groups excluding carboxylic acids is 1. The first-order chi connectivity index (χ1) is 15.5. The van der Waals surface area contributed by atoms with Gasteiger partial charge in [-0.2, -0.15) is 4.98 Å². The molecule has 1 saturated heterocycles. The molecule has 0 N–H and O–H groups in total. The smallest absolute Gasteiger partial charge is 0.246 e. The number of hydrogen-bond donors (Lipinski definition) is 0. The van der Waals surface area contributed by atoms with Crippen molar-refractivity contribution in [2.75, 3.05) is 27.2 Å². The van der Waals surface area contributed by atoms with Gasteiger partial charge in [0.2, 0.25) is 17.6 Å². The molecule has 2 aromatic carbocycles. The second-order valence-electron chi connectivity index (χ2n) is 8.41. The van der Waals surface area contributed by atoms with Gasteiger partial charge in [-0.1, -0.05) is 41.6 Å². The third-order valence-corrected chi connectivity index (χ3v) is 6.14. The molecule has 1 amide bonds. The van der Waals surface area contributed by atoms with Crippen LogP contribution >= 0.6 is 0 Å². The van der Waals surface area contributed by atoms with Gasteiger partial charge in [0, 0.05) is 25.1 Å². The summed E-state index contributed by atoms with van der Waals surface area (Å²) in [6.45, 7) is 5.26. The van der Waals surface area contributed by atoms with Crippen LogP contribution in [0, 0.1) is 12.8 Å². The van der Waals surface area contributed by atoms with Crippen LogP contribution in [0.3, 0.4) is 0 Å². The van der Waals surface area contributed by atoms with Crippen molar-refractivity contribution in [2.24, 2.45) is 5.92 Å². The van der Waals surface area contributed by atoms with Crippen LogP contribution in [0.4, 0.5) is 0 Å². The molecule has 1 aliphatic rings. The number of amides is 1. The maximum absolute atomic E-state index is 13.0. The largest absolute Gasteiger partial charge is 0.497 e. The van der Waals surface area contributed by atoms with Gasteiger partial charge in [-0.25, -0.2) is 0 Å². The monoisotopic (exact) mass is 434 g/mol. The average molecular weight is 435 g/mol. The number of rotatable bonds is 7. The summed E-state index contributed by atoms with van der Waals surface area (Å²) in [5, 5.41) is 4.06. The van der Waals surface area contributed by atoms with Crippen molar-refractivity contribution in [3.05, 3.63) is 65.5 Å². The lowest BCUT2D eigenvalue weighted by atomic mass is 9.94. The SMILES string of the molecule is COc1cccc(-c2noc(CN(C)C(=O)C3CCN(Cc4ccccc4C)CC3)n2)c1. The van der Waals surface area contributed by atoms with E-state index >= 15 is 0 Å². The van der Waals surface area contributed by atoms with Crippen molar-refractivity contribution < 1.29 is 14.1 Å². The number of hydrogen-bond acceptors (Lipinski definition) is 6. The lowest BCUT2D eigenvalue weighted by Crippen LogP contribution is -2.40. The Morgan fingerprint density at radius 1 is 1.19 bits per heavy atom. The molecule has 0 aliphatic carbocycles. The number of methoxy groups -OCH3 is 1. The second kappa shape index (κ2) is 9.96. The first-order valence-corrected chi connectivity index (χ1v) is 11.0. The van der Waals surface area contributed by atoms with E-state index in [1.165, 1.54) is 11.1 Å². The standard InChI is InChI=1S/C25H30N4O3/c1-18-7-4-5-8-21(18)16-29-13-11-19(12-14-29)25(30)28(2)17-23-26-24(27-32-23)20-9-6-10-22(15-20)31-3/h4-10,15,19H,11-14,16-17H2,1-3H3. The van der Waals surface area contributed by atoms with Gasteiger partial charge in [0.05, 0.1) is 13.7 Å². The zero-order valence-corrected chi connectivity index (χ0v) is 19.0. The van der Waals surface area contributed by atoms with Crippen LogP contribution in [0.25, 0.3) is 11.4 Å². The van der Waals surface area contributed by atoms with Crippen LogP contribution in [0.2, 0.25) is 0 Å². The highest BCUT2D eigenvalue weighted by Gasteiger charge is 2.28. The van der Waals surface area contributed by atoms with E-state index in [1.54, 1.807) is 19.1 Å². The second-order valence-corrected chi connectivity index (χ2v) is 8.41. The summed E-state index contributed by atoms with van der Waals surface area (Å²) >= 11 is 0. The average Bonchev–Trinajstić information content (AvgIpc) is 3.29. The molecule has 168 valence electrons. The van der Waals surface area contributed by atoms with Crippen molar-refractivity contribution in [3.63, 3.8) is 0 Å². The fourth-order valence-electron chi connectivity index (χ4n) is 4.16. The Morgan fingerprint density at radius 3 is 2.72 bits per heavy atom. The van der Waals surface area contributed by atoms with Gasteiger partial charge in [-0.3, -0.25) is 9.69 Å². The minimum absolute atomic E-state index is 0.0360. The molecule has 7 nitrogen and oxygen atoms in total. The van der Waals surface area contributed by atoms with E-state index in [0.29, 0.717) is 18.3 Å². The van der Waals surface area contributed by atoms with Gasteiger partial charge < -0.3 is 14.2 Å². The Balaban J connectivity index is 1.30. The van der Waals surface area contributed by atoms with Crippen LogP contribution in [-0.2, 0) is 17.9 Å². The van der Waals surface area contributed by atoms with Crippen LogP contribution < -0.4 is 4.74 Å². The van der Waals surface area contributed by atoms with Crippen molar-refractivity contribution in [1.29, 1.82) is 0 Å². The molecular weight excluding hydrogens is 404 g/mol. The maximum Gasteiger partial charge on any atom is 0.246 e. The quantitative estimate of drug-likeness (QED) is 0.561. The van der Waals surface area contributed by atoms with E-state index in [2.05, 4.69) is 46.2 Å². The Bertz CT molecular complexity index is 1060. The summed E-state index contributed by atoms with van der Waals surface area (Å²) in [5.74, 6) is 1.82. The van der Waals surface area contributed by atoms with Crippen molar-refractivity contribution in [2.45, 2.75) is 32.9 Å². The Labute approximate surface area is 189 Å². The summed E-state index contributed by atoms with van der Waals surface area (Å²) in [5.41, 5.74) is 3.49. The molecule has 1 aliphatic heterocycles. The van der Waals surface area contributed by atoms with E-state index in [1.807, 2.05) is 24.3 Å². The molecule has 7 heteroatoms. The Hall–Kier alpha value is -3.19. The fourth-order valence-corrected chi connectivity index (χ4v) is 4.16. The minimum atomic E-state index is 0.0360. The summed E-state index contributed by atoms with van der Waals surface area (Å²) in [6.07, 6.45) is 1.74. The van der Waals surface area contributed by atoms with Crippen molar-refractivity contribution >= 4 is 5.91 Å². The molecular formula is C25H30N4O3. The molecule has 0 atom stereocenters. The number of carbonyl (C=O) groups is 1. The van der Waals surface area contributed by atoms with Gasteiger partial charge in [0.25, 0.3) is 0 Å². The van der Waals surface area contributed by atoms with E-state index in [4.69, 9.17) is 9.26 Å². The third-order valence-electron chi connectivity index (χ3n) is 6.14. The number of aryl methyl sites for hydroxylation is 1. The molecule has 1 fully saturated rings. The Morgan fingerprint density at radius 2 is 1.97 bits per heavy atom. The summed E-state index contributed by atoms with van der Waals surface area (Å²) < 4.78 is 10.6. The predicted molar refractivity (Wildman–Crippen MR) is 122 cm³/mol. The summed E-state index contributed by atoms with van der Waals surface area (Å²) in [7, 11) is 3.42. The molecule has 0 bridgehead atoms. The first kappa shape index (κ1) is 22.0. The van der Waals surface area contributed by atoms with Crippen LogP contribution in [0.5, 0.6) is 5.75 Å². The minimum Gasteiger partial charge on any atom is -0.497 e. The maximum atomic E-state index is 13.0. The fraction of sp³-hybridized carbons (Fsp3) is 0.400.